The first kappa shape index (κ1) is 14.3. The van der Waals surface area contributed by atoms with E-state index in [2.05, 4.69) is 4.98 Å². The van der Waals surface area contributed by atoms with Gasteiger partial charge in [0.05, 0.1) is 0 Å². The quantitative estimate of drug-likeness (QED) is 0.725. The number of aliphatic hydroxyl groups is 1. The first-order valence-corrected chi connectivity index (χ1v) is 6.78. The molecule has 0 aliphatic carbocycles. The van der Waals surface area contributed by atoms with Gasteiger partial charge in [-0.25, -0.2) is 9.78 Å². The van der Waals surface area contributed by atoms with E-state index in [9.17, 15) is 14.7 Å². The predicted molar refractivity (Wildman–Crippen MR) is 81.7 cm³/mol. The molecule has 22 heavy (non-hydrogen) atoms. The molecule has 0 fully saturated rings. The van der Waals surface area contributed by atoms with Gasteiger partial charge in [0.15, 0.2) is 11.2 Å². The van der Waals surface area contributed by atoms with Crippen LogP contribution in [0, 0.1) is 0 Å². The normalized spacial score (nSPS) is 12.7. The van der Waals surface area contributed by atoms with Gasteiger partial charge in [-0.1, -0.05) is 30.3 Å². The second-order valence-corrected chi connectivity index (χ2v) is 5.22. The van der Waals surface area contributed by atoms with Crippen LogP contribution in [-0.2, 0) is 21.1 Å². The van der Waals surface area contributed by atoms with Gasteiger partial charge in [-0.15, -0.1) is 0 Å². The van der Waals surface area contributed by atoms with Crippen LogP contribution in [0.3, 0.4) is 0 Å². The highest BCUT2D eigenvalue weighted by molar-refractivity contribution is 5.71. The van der Waals surface area contributed by atoms with Gasteiger partial charge in [0.1, 0.15) is 11.9 Å². The predicted octanol–water partition coefficient (Wildman–Crippen LogP) is 0.0524. The minimum absolute atomic E-state index is 0.264. The standard InChI is InChI=1S/C15H16N4O3/c1-17-10-12(18(2)15(22)19(3)14(10)21)16-13(17)11(20)9-7-5-4-6-8-9/h4-8,11,20H,1-3H3/t11-/m1/s1. The molecule has 1 aromatic carbocycles. The molecule has 114 valence electrons. The molecule has 0 spiro atoms. The summed E-state index contributed by atoms with van der Waals surface area (Å²) < 4.78 is 3.87. The molecule has 0 aliphatic heterocycles. The largest absolute Gasteiger partial charge is 0.380 e. The molecule has 2 heterocycles. The van der Waals surface area contributed by atoms with E-state index in [1.54, 1.807) is 26.2 Å². The van der Waals surface area contributed by atoms with Gasteiger partial charge in [-0.2, -0.15) is 0 Å². The number of hydrogen-bond acceptors (Lipinski definition) is 4. The fraction of sp³-hybridized carbons (Fsp3) is 0.267. The van der Waals surface area contributed by atoms with Crippen LogP contribution >= 0.6 is 0 Å². The fourth-order valence-electron chi connectivity index (χ4n) is 2.56. The summed E-state index contributed by atoms with van der Waals surface area (Å²) in [6, 6.07) is 9.04. The highest BCUT2D eigenvalue weighted by Gasteiger charge is 2.22. The first-order valence-electron chi connectivity index (χ1n) is 6.78. The summed E-state index contributed by atoms with van der Waals surface area (Å²) in [4.78, 5) is 28.6. The maximum atomic E-state index is 12.3. The Morgan fingerprint density at radius 3 is 2.27 bits per heavy atom. The van der Waals surface area contributed by atoms with Gasteiger partial charge < -0.3 is 9.67 Å². The Kier molecular flexibility index (Phi) is 3.22. The summed E-state index contributed by atoms with van der Waals surface area (Å²) in [6.07, 6.45) is -0.974. The number of fused-ring (bicyclic) bond motifs is 1. The molecule has 3 rings (SSSR count). The first-order chi connectivity index (χ1) is 10.4. The van der Waals surface area contributed by atoms with Crippen LogP contribution in [0.25, 0.3) is 11.2 Å². The molecule has 0 saturated heterocycles. The van der Waals surface area contributed by atoms with Crippen molar-refractivity contribution in [3.8, 4) is 0 Å². The van der Waals surface area contributed by atoms with E-state index in [-0.39, 0.29) is 11.2 Å². The summed E-state index contributed by atoms with van der Waals surface area (Å²) in [5.41, 5.74) is 0.342. The van der Waals surface area contributed by atoms with Gasteiger partial charge in [0.25, 0.3) is 5.56 Å². The lowest BCUT2D eigenvalue weighted by molar-refractivity contribution is 0.207. The number of hydrogen-bond donors (Lipinski definition) is 1. The molecule has 7 heteroatoms. The number of aliphatic hydroxyl groups excluding tert-OH is 1. The van der Waals surface area contributed by atoms with E-state index >= 15 is 0 Å². The number of nitrogens with zero attached hydrogens (tertiary/aromatic N) is 4. The van der Waals surface area contributed by atoms with Crippen molar-refractivity contribution < 1.29 is 5.11 Å². The van der Waals surface area contributed by atoms with Crippen molar-refractivity contribution in [2.24, 2.45) is 21.1 Å². The molecular weight excluding hydrogens is 284 g/mol. The monoisotopic (exact) mass is 300 g/mol. The lowest BCUT2D eigenvalue weighted by Gasteiger charge is -2.10. The van der Waals surface area contributed by atoms with Crippen molar-refractivity contribution in [1.82, 2.24) is 18.7 Å². The summed E-state index contributed by atoms with van der Waals surface area (Å²) in [5, 5.41) is 10.5. The maximum Gasteiger partial charge on any atom is 0.332 e. The van der Waals surface area contributed by atoms with E-state index in [1.165, 1.54) is 16.2 Å². The van der Waals surface area contributed by atoms with Crippen molar-refractivity contribution in [2.75, 3.05) is 0 Å². The van der Waals surface area contributed by atoms with Crippen LogP contribution in [0.5, 0.6) is 0 Å². The number of benzene rings is 1. The molecule has 0 unspecified atom stereocenters. The molecule has 0 amide bonds. The zero-order valence-electron chi connectivity index (χ0n) is 12.5. The van der Waals surface area contributed by atoms with Crippen molar-refractivity contribution in [3.05, 3.63) is 62.6 Å². The zero-order valence-corrected chi connectivity index (χ0v) is 12.5. The van der Waals surface area contributed by atoms with Crippen LogP contribution in [0.15, 0.2) is 39.9 Å². The third-order valence-corrected chi connectivity index (χ3v) is 3.87. The average Bonchev–Trinajstić information content (AvgIpc) is 2.88. The van der Waals surface area contributed by atoms with Crippen molar-refractivity contribution >= 4 is 11.2 Å². The van der Waals surface area contributed by atoms with Crippen LogP contribution < -0.4 is 11.2 Å². The van der Waals surface area contributed by atoms with Crippen molar-refractivity contribution in [3.63, 3.8) is 0 Å². The summed E-state index contributed by atoms with van der Waals surface area (Å²) in [5.74, 6) is 0.319. The Balaban J connectivity index is 2.32. The SMILES string of the molecule is Cn1c(=O)c2c(nc([C@H](O)c3ccccc3)n2C)n(C)c1=O. The third kappa shape index (κ3) is 1.90. The third-order valence-electron chi connectivity index (χ3n) is 3.87. The second-order valence-electron chi connectivity index (χ2n) is 5.22. The number of aromatic nitrogens is 4. The van der Waals surface area contributed by atoms with E-state index in [4.69, 9.17) is 0 Å². The fourth-order valence-corrected chi connectivity index (χ4v) is 2.56. The van der Waals surface area contributed by atoms with Gasteiger partial charge in [-0.05, 0) is 5.56 Å². The van der Waals surface area contributed by atoms with Crippen molar-refractivity contribution in [1.29, 1.82) is 0 Å². The molecule has 0 bridgehead atoms. The van der Waals surface area contributed by atoms with Gasteiger partial charge in [0.2, 0.25) is 0 Å². The van der Waals surface area contributed by atoms with Crippen LogP contribution in [0.4, 0.5) is 0 Å². The number of aryl methyl sites for hydroxylation is 2. The van der Waals surface area contributed by atoms with E-state index < -0.39 is 17.4 Å². The maximum absolute atomic E-state index is 12.3. The van der Waals surface area contributed by atoms with Gasteiger partial charge >= 0.3 is 5.69 Å². The van der Waals surface area contributed by atoms with E-state index in [0.29, 0.717) is 11.4 Å². The lowest BCUT2D eigenvalue weighted by Crippen LogP contribution is -2.37. The topological polar surface area (TPSA) is 82.1 Å². The second kappa shape index (κ2) is 4.96. The van der Waals surface area contributed by atoms with E-state index in [0.717, 1.165) is 4.57 Å². The summed E-state index contributed by atoms with van der Waals surface area (Å²) >= 11 is 0. The lowest BCUT2D eigenvalue weighted by atomic mass is 10.1. The van der Waals surface area contributed by atoms with Crippen molar-refractivity contribution in [2.45, 2.75) is 6.10 Å². The Hall–Kier alpha value is -2.67. The molecule has 7 nitrogen and oxygen atoms in total. The van der Waals surface area contributed by atoms with Gasteiger partial charge in [-0.3, -0.25) is 13.9 Å². The smallest absolute Gasteiger partial charge is 0.332 e. The Labute approximate surface area is 125 Å². The molecule has 3 aromatic rings. The minimum Gasteiger partial charge on any atom is -0.380 e. The highest BCUT2D eigenvalue weighted by atomic mass is 16.3. The van der Waals surface area contributed by atoms with Crippen LogP contribution in [0.1, 0.15) is 17.5 Å². The highest BCUT2D eigenvalue weighted by Crippen LogP contribution is 2.22. The molecule has 0 saturated carbocycles. The van der Waals surface area contributed by atoms with Crippen LogP contribution in [0.2, 0.25) is 0 Å². The number of rotatable bonds is 2. The summed E-state index contributed by atoms with van der Waals surface area (Å²) in [6.45, 7) is 0. The zero-order chi connectivity index (χ0) is 16.0. The molecule has 1 atom stereocenters. The molecule has 2 aromatic heterocycles. The molecule has 1 N–H and O–H groups in total. The van der Waals surface area contributed by atoms with E-state index in [1.807, 2.05) is 18.2 Å². The minimum atomic E-state index is -0.974. The number of imidazole rings is 1. The Morgan fingerprint density at radius 1 is 1.00 bits per heavy atom. The van der Waals surface area contributed by atoms with Crippen LogP contribution in [-0.4, -0.2) is 23.8 Å². The Bertz CT molecular complexity index is 966. The molecule has 0 radical (unpaired) electrons. The molecular formula is C15H16N4O3. The van der Waals surface area contributed by atoms with Gasteiger partial charge in [0, 0.05) is 21.1 Å². The molecule has 0 aliphatic rings. The summed E-state index contributed by atoms with van der Waals surface area (Å²) in [7, 11) is 4.63. The average molecular weight is 300 g/mol. The Morgan fingerprint density at radius 2 is 1.64 bits per heavy atom.